The lowest BCUT2D eigenvalue weighted by Crippen LogP contribution is -2.14. The summed E-state index contributed by atoms with van der Waals surface area (Å²) in [5.74, 6) is 0.281. The Bertz CT molecular complexity index is 1860. The highest BCUT2D eigenvalue weighted by Gasteiger charge is 2.30. The number of aliphatic imine (C=N–C) groups is 2. The quantitative estimate of drug-likeness (QED) is 0.167. The number of phenolic OH excluding ortho intramolecular Hbond substituents is 4. The van der Waals surface area contributed by atoms with E-state index in [-0.39, 0.29) is 40.3 Å². The minimum Gasteiger partial charge on any atom is -0.508 e. The van der Waals surface area contributed by atoms with Crippen molar-refractivity contribution in [2.75, 3.05) is 0 Å². The fourth-order valence-electron chi connectivity index (χ4n) is 4.76. The number of halogens is 2. The molecule has 0 amide bonds. The Balaban J connectivity index is 1.60. The van der Waals surface area contributed by atoms with Gasteiger partial charge in [0.15, 0.2) is 5.84 Å². The molecule has 5 aromatic rings. The molecule has 0 spiro atoms. The van der Waals surface area contributed by atoms with Crippen LogP contribution in [0.2, 0.25) is 0 Å². The summed E-state index contributed by atoms with van der Waals surface area (Å²) < 4.78 is 30.5. The number of hydrogen-bond acceptors (Lipinski definition) is 5. The van der Waals surface area contributed by atoms with Gasteiger partial charge in [-0.05, 0) is 102 Å². The minimum atomic E-state index is -2.98. The van der Waals surface area contributed by atoms with E-state index >= 15 is 0 Å². The average Bonchev–Trinajstić information content (AvgIpc) is 3.57. The number of hydrogen-bond donors (Lipinski definition) is 4. The zero-order valence-electron chi connectivity index (χ0n) is 21.9. The molecule has 10 heteroatoms. The molecule has 6 rings (SSSR count). The summed E-state index contributed by atoms with van der Waals surface area (Å²) in [7, 11) is -2.98. The van der Waals surface area contributed by atoms with E-state index in [2.05, 4.69) is 0 Å². The Morgan fingerprint density at radius 3 is 1.55 bits per heavy atom. The lowest BCUT2D eigenvalue weighted by molar-refractivity contribution is 0.474. The largest absolute Gasteiger partial charge is 0.679 e. The van der Waals surface area contributed by atoms with Gasteiger partial charge in [0, 0.05) is 22.4 Å². The van der Waals surface area contributed by atoms with Crippen LogP contribution in [-0.4, -0.2) is 43.9 Å². The van der Waals surface area contributed by atoms with E-state index in [1.54, 1.807) is 60.7 Å². The third-order valence-electron chi connectivity index (χ3n) is 6.85. The average molecular weight is 561 g/mol. The second-order valence-electron chi connectivity index (χ2n) is 9.59. The summed E-state index contributed by atoms with van der Waals surface area (Å²) in [4.78, 5) is 9.44. The van der Waals surface area contributed by atoms with Crippen LogP contribution >= 0.6 is 0 Å². The summed E-state index contributed by atoms with van der Waals surface area (Å²) in [6, 6.07) is 26.5. The van der Waals surface area contributed by atoms with Gasteiger partial charge in [-0.3, -0.25) is 8.63 Å². The summed E-state index contributed by atoms with van der Waals surface area (Å²) in [5, 5.41) is 39.2. The minimum absolute atomic E-state index is 0.00106. The number of nitrogens with zero attached hydrogens (tertiary/aromatic N) is 3. The first-order chi connectivity index (χ1) is 20.3. The molecule has 0 bridgehead atoms. The highest BCUT2D eigenvalue weighted by Crippen LogP contribution is 2.41. The smallest absolute Gasteiger partial charge is 0.508 e. The van der Waals surface area contributed by atoms with Gasteiger partial charge >= 0.3 is 7.40 Å². The third-order valence-corrected chi connectivity index (χ3v) is 6.85. The van der Waals surface area contributed by atoms with Crippen molar-refractivity contribution in [1.29, 1.82) is 0 Å². The molecule has 1 aliphatic rings. The number of phenols is 4. The van der Waals surface area contributed by atoms with E-state index in [0.29, 0.717) is 39.1 Å². The van der Waals surface area contributed by atoms with Gasteiger partial charge in [-0.2, -0.15) is 0 Å². The number of amidine groups is 1. The first kappa shape index (κ1) is 26.6. The second kappa shape index (κ2) is 10.7. The van der Waals surface area contributed by atoms with Crippen molar-refractivity contribution in [3.05, 3.63) is 120 Å². The maximum absolute atomic E-state index is 14.9. The van der Waals surface area contributed by atoms with Gasteiger partial charge in [0.05, 0.1) is 5.71 Å². The number of rotatable bonds is 6. The van der Waals surface area contributed by atoms with E-state index in [4.69, 9.17) is 9.98 Å². The van der Waals surface area contributed by atoms with E-state index in [1.807, 2.05) is 0 Å². The first-order valence-electron chi connectivity index (χ1n) is 12.9. The molecule has 0 radical (unpaired) electrons. The van der Waals surface area contributed by atoms with Crippen LogP contribution in [0.4, 0.5) is 14.4 Å². The van der Waals surface area contributed by atoms with Gasteiger partial charge in [-0.15, -0.1) is 0 Å². The molecule has 0 unspecified atom stereocenters. The highest BCUT2D eigenvalue weighted by atomic mass is 19.2. The molecule has 4 N–H and O–H groups in total. The molecule has 0 saturated carbocycles. The lowest BCUT2D eigenvalue weighted by Gasteiger charge is -2.11. The van der Waals surface area contributed by atoms with Crippen LogP contribution in [0, 0.1) is 0 Å². The van der Waals surface area contributed by atoms with Crippen LogP contribution in [0.5, 0.6) is 23.0 Å². The normalized spacial score (nSPS) is 13.7. The molecule has 42 heavy (non-hydrogen) atoms. The van der Waals surface area contributed by atoms with Crippen LogP contribution in [0.3, 0.4) is 0 Å². The second-order valence-corrected chi connectivity index (χ2v) is 9.59. The van der Waals surface area contributed by atoms with Crippen LogP contribution < -0.4 is 0 Å². The molecule has 206 valence electrons. The molecule has 1 aromatic heterocycles. The van der Waals surface area contributed by atoms with Crippen molar-refractivity contribution in [2.45, 2.75) is 0 Å². The SMILES string of the molecule is Oc1ccc(C2=CC(c3ccc(O)cc3)=N/C2=N\c2c(-c3ccc(O)cc3)cc(-c3ccc(O)cc3)n2B(F)F)cc1. The van der Waals surface area contributed by atoms with E-state index in [0.717, 1.165) is 4.48 Å². The molecule has 2 heterocycles. The molecular weight excluding hydrogens is 539 g/mol. The van der Waals surface area contributed by atoms with Crippen LogP contribution in [0.1, 0.15) is 11.1 Å². The third kappa shape index (κ3) is 5.13. The standard InChI is InChI=1S/C32H22BF2N3O4/c34-33(35)38-30(22-7-15-26(42)16-8-22)18-28(20-3-11-24(40)12-4-20)32(38)37-31-27(19-1-9-23(39)10-2-19)17-29(36-31)21-5-13-25(41)14-6-21/h1-18,39-42H/b37-31-. The van der Waals surface area contributed by atoms with E-state index in [9.17, 15) is 29.1 Å². The molecule has 0 fully saturated rings. The van der Waals surface area contributed by atoms with Crippen LogP contribution in [-0.2, 0) is 0 Å². The van der Waals surface area contributed by atoms with Gasteiger partial charge < -0.3 is 24.9 Å². The zero-order chi connectivity index (χ0) is 29.4. The van der Waals surface area contributed by atoms with Crippen molar-refractivity contribution >= 4 is 30.3 Å². The summed E-state index contributed by atoms with van der Waals surface area (Å²) in [5.41, 5.74) is 3.93. The van der Waals surface area contributed by atoms with Crippen LogP contribution in [0.25, 0.3) is 28.0 Å². The molecule has 0 atom stereocenters. The Morgan fingerprint density at radius 2 is 1.05 bits per heavy atom. The van der Waals surface area contributed by atoms with Crippen molar-refractivity contribution in [1.82, 2.24) is 4.48 Å². The molecule has 4 aromatic carbocycles. The molecular formula is C32H22BF2N3O4. The molecule has 1 aliphatic heterocycles. The van der Waals surface area contributed by atoms with Crippen molar-refractivity contribution in [3.8, 4) is 45.4 Å². The van der Waals surface area contributed by atoms with E-state index < -0.39 is 7.40 Å². The summed E-state index contributed by atoms with van der Waals surface area (Å²) >= 11 is 0. The predicted octanol–water partition coefficient (Wildman–Crippen LogP) is 7.03. The van der Waals surface area contributed by atoms with Gasteiger partial charge in [0.1, 0.15) is 28.8 Å². The molecule has 0 saturated heterocycles. The summed E-state index contributed by atoms with van der Waals surface area (Å²) in [6.45, 7) is 0. The molecule has 0 aliphatic carbocycles. The van der Waals surface area contributed by atoms with Gasteiger partial charge in [0.25, 0.3) is 0 Å². The Kier molecular flexibility index (Phi) is 6.80. The predicted molar refractivity (Wildman–Crippen MR) is 160 cm³/mol. The van der Waals surface area contributed by atoms with Gasteiger partial charge in [-0.25, -0.2) is 9.98 Å². The van der Waals surface area contributed by atoms with Gasteiger partial charge in [0.2, 0.25) is 0 Å². The highest BCUT2D eigenvalue weighted by molar-refractivity contribution is 6.43. The number of allylic oxidation sites excluding steroid dienone is 1. The fraction of sp³-hybridized carbons (Fsp3) is 0. The summed E-state index contributed by atoms with van der Waals surface area (Å²) in [6.07, 6.45) is 1.77. The first-order valence-corrected chi connectivity index (χ1v) is 12.9. The topological polar surface area (TPSA) is 111 Å². The van der Waals surface area contributed by atoms with Crippen molar-refractivity contribution < 1.29 is 29.1 Å². The Morgan fingerprint density at radius 1 is 0.595 bits per heavy atom. The lowest BCUT2D eigenvalue weighted by atomic mass is 10.0. The van der Waals surface area contributed by atoms with Crippen LogP contribution in [0.15, 0.2) is 119 Å². The number of aromatic hydroxyl groups is 4. The van der Waals surface area contributed by atoms with Gasteiger partial charge in [-0.1, -0.05) is 24.3 Å². The van der Waals surface area contributed by atoms with E-state index in [1.165, 1.54) is 48.5 Å². The van der Waals surface area contributed by atoms with Crippen molar-refractivity contribution in [3.63, 3.8) is 0 Å². The number of benzene rings is 4. The monoisotopic (exact) mass is 561 g/mol. The fourth-order valence-corrected chi connectivity index (χ4v) is 4.76. The number of aromatic nitrogens is 1. The molecule has 7 nitrogen and oxygen atoms in total. The maximum atomic E-state index is 14.9. The van der Waals surface area contributed by atoms with Crippen molar-refractivity contribution in [2.24, 2.45) is 9.98 Å². The Labute approximate surface area is 239 Å². The maximum Gasteiger partial charge on any atom is 0.679 e. The Hall–Kier alpha value is -5.64. The zero-order valence-corrected chi connectivity index (χ0v) is 21.9.